The zero-order valence-corrected chi connectivity index (χ0v) is 18.3. The van der Waals surface area contributed by atoms with Gasteiger partial charge in [0.2, 0.25) is 10.0 Å². The lowest BCUT2D eigenvalue weighted by molar-refractivity contribution is -0.138. The highest BCUT2D eigenvalue weighted by atomic mass is 32.2. The minimum Gasteiger partial charge on any atom is -0.372 e. The van der Waals surface area contributed by atoms with Crippen LogP contribution >= 0.6 is 0 Å². The van der Waals surface area contributed by atoms with E-state index in [0.717, 1.165) is 64.0 Å². The Hall–Kier alpha value is -1.94. The molecule has 0 aliphatic carbocycles. The number of likely N-dealkylation sites (N-methyl/N-ethyl adjacent to an activating group) is 1. The average Bonchev–Trinajstić information content (AvgIpc) is 2.65. The molecule has 3 amide bonds. The molecule has 0 aromatic heterocycles. The summed E-state index contributed by atoms with van der Waals surface area (Å²) in [4.78, 5) is 33.4. The molecule has 168 valence electrons. The van der Waals surface area contributed by atoms with E-state index >= 15 is 0 Å². The Bertz CT molecular complexity index is 619. The van der Waals surface area contributed by atoms with Crippen LogP contribution in [0.25, 0.3) is 0 Å². The van der Waals surface area contributed by atoms with Crippen LogP contribution < -0.4 is 15.4 Å². The quantitative estimate of drug-likeness (QED) is 0.189. The fourth-order valence-electron chi connectivity index (χ4n) is 2.42. The van der Waals surface area contributed by atoms with Crippen LogP contribution in [0.5, 0.6) is 0 Å². The molecule has 29 heavy (non-hydrogen) atoms. The van der Waals surface area contributed by atoms with E-state index in [0.29, 0.717) is 13.2 Å². The van der Waals surface area contributed by atoms with Gasteiger partial charge in [-0.3, -0.25) is 19.1 Å². The minimum atomic E-state index is -3.51. The van der Waals surface area contributed by atoms with Crippen molar-refractivity contribution in [3.05, 3.63) is 12.2 Å². The van der Waals surface area contributed by atoms with E-state index in [1.165, 1.54) is 7.05 Å². The summed E-state index contributed by atoms with van der Waals surface area (Å²) in [6, 6.07) is 0. The van der Waals surface area contributed by atoms with E-state index in [4.69, 9.17) is 4.74 Å². The Balaban J connectivity index is 3.35. The second-order valence-corrected chi connectivity index (χ2v) is 8.46. The van der Waals surface area contributed by atoms with Crippen LogP contribution in [0.15, 0.2) is 12.2 Å². The van der Waals surface area contributed by atoms with Crippen LogP contribution in [-0.2, 0) is 29.1 Å². The smallest absolute Gasteiger partial charge is 0.309 e. The van der Waals surface area contributed by atoms with E-state index in [9.17, 15) is 22.8 Å². The van der Waals surface area contributed by atoms with Gasteiger partial charge in [-0.25, -0.2) is 8.42 Å². The Kier molecular flexibility index (Phi) is 15.8. The molecular formula is C19H35N3O6S. The Labute approximate surface area is 174 Å². The van der Waals surface area contributed by atoms with Crippen molar-refractivity contribution in [2.75, 3.05) is 33.1 Å². The minimum absolute atomic E-state index is 0.238. The summed E-state index contributed by atoms with van der Waals surface area (Å²) in [5.74, 6) is -1.85. The molecule has 0 radical (unpaired) electrons. The molecular weight excluding hydrogens is 398 g/mol. The fourth-order valence-corrected chi connectivity index (χ4v) is 2.89. The summed E-state index contributed by atoms with van der Waals surface area (Å²) in [7, 11) is -2.09. The number of hydrogen-bond acceptors (Lipinski definition) is 6. The lowest BCUT2D eigenvalue weighted by Crippen LogP contribution is -2.38. The number of hydrogen-bond donors (Lipinski definition) is 3. The topological polar surface area (TPSA) is 131 Å². The van der Waals surface area contributed by atoms with Crippen molar-refractivity contribution >= 4 is 27.7 Å². The lowest BCUT2D eigenvalue weighted by Gasteiger charge is -2.04. The molecule has 0 aromatic rings. The molecule has 9 nitrogen and oxygen atoms in total. The summed E-state index contributed by atoms with van der Waals surface area (Å²) in [5, 5.41) is 4.84. The van der Waals surface area contributed by atoms with E-state index in [2.05, 4.69) is 22.8 Å². The molecule has 3 N–H and O–H groups in total. The second-order valence-electron chi connectivity index (χ2n) is 6.71. The van der Waals surface area contributed by atoms with Crippen molar-refractivity contribution < 1.29 is 27.5 Å². The van der Waals surface area contributed by atoms with Gasteiger partial charge in [-0.1, -0.05) is 31.4 Å². The molecule has 0 spiro atoms. The summed E-state index contributed by atoms with van der Waals surface area (Å²) in [6.45, 7) is 0.713. The third-order valence-electron chi connectivity index (χ3n) is 3.87. The molecule has 0 rings (SSSR count). The third kappa shape index (κ3) is 19.2. The van der Waals surface area contributed by atoms with Gasteiger partial charge < -0.3 is 15.4 Å². The van der Waals surface area contributed by atoms with Gasteiger partial charge in [0.25, 0.3) is 5.91 Å². The zero-order chi connectivity index (χ0) is 22.0. The highest BCUT2D eigenvalue weighted by molar-refractivity contribution is 7.89. The van der Waals surface area contributed by atoms with Crippen LogP contribution in [0.2, 0.25) is 0 Å². The SMILES string of the molecule is CNC(=O)C(=O)NCCCCC=CCCCCCCCOCC(=O)NS(C)(=O)=O. The molecule has 0 atom stereocenters. The van der Waals surface area contributed by atoms with Crippen molar-refractivity contribution in [2.45, 2.75) is 57.8 Å². The summed E-state index contributed by atoms with van der Waals surface area (Å²) in [5.41, 5.74) is 0. The van der Waals surface area contributed by atoms with Gasteiger partial charge in [0.05, 0.1) is 6.26 Å². The molecule has 0 aliphatic rings. The van der Waals surface area contributed by atoms with E-state index in [-0.39, 0.29) is 6.61 Å². The van der Waals surface area contributed by atoms with Crippen LogP contribution in [0.3, 0.4) is 0 Å². The first-order valence-corrected chi connectivity index (χ1v) is 11.9. The lowest BCUT2D eigenvalue weighted by atomic mass is 10.1. The predicted octanol–water partition coefficient (Wildman–Crippen LogP) is 1.01. The Morgan fingerprint density at radius 3 is 2.07 bits per heavy atom. The van der Waals surface area contributed by atoms with Gasteiger partial charge in [0.1, 0.15) is 6.61 Å². The van der Waals surface area contributed by atoms with E-state index in [1.54, 1.807) is 0 Å². The molecule has 0 unspecified atom stereocenters. The van der Waals surface area contributed by atoms with Crippen LogP contribution in [0.4, 0.5) is 0 Å². The molecule has 0 fully saturated rings. The first kappa shape index (κ1) is 27.1. The fraction of sp³-hybridized carbons (Fsp3) is 0.737. The number of carbonyl (C=O) groups excluding carboxylic acids is 3. The van der Waals surface area contributed by atoms with Gasteiger partial charge >= 0.3 is 11.8 Å². The maximum atomic E-state index is 11.2. The average molecular weight is 434 g/mol. The Morgan fingerprint density at radius 1 is 0.862 bits per heavy atom. The summed E-state index contributed by atoms with van der Waals surface area (Å²) < 4.78 is 28.7. The molecule has 0 aromatic carbocycles. The summed E-state index contributed by atoms with van der Waals surface area (Å²) in [6.07, 6.45) is 14.3. The van der Waals surface area contributed by atoms with Crippen molar-refractivity contribution in [3.8, 4) is 0 Å². The van der Waals surface area contributed by atoms with Crippen molar-refractivity contribution in [2.24, 2.45) is 0 Å². The van der Waals surface area contributed by atoms with Gasteiger partial charge in [-0.2, -0.15) is 0 Å². The largest absolute Gasteiger partial charge is 0.372 e. The molecule has 10 heteroatoms. The standard InChI is InChI=1S/C19H35N3O6S/c1-20-18(24)19(25)21-14-12-10-8-6-4-3-5-7-9-11-13-15-28-16-17(23)22-29(2,26)27/h4,6H,3,5,7-16H2,1-2H3,(H,20,24)(H,21,25)(H,22,23). The van der Waals surface area contributed by atoms with Gasteiger partial charge in [-0.15, -0.1) is 0 Å². The highest BCUT2D eigenvalue weighted by Gasteiger charge is 2.09. The maximum Gasteiger partial charge on any atom is 0.309 e. The third-order valence-corrected chi connectivity index (χ3v) is 4.47. The normalized spacial score (nSPS) is 11.4. The first-order chi connectivity index (χ1) is 13.8. The number of carbonyl (C=O) groups is 3. The molecule has 0 heterocycles. The van der Waals surface area contributed by atoms with Gasteiger partial charge in [0, 0.05) is 20.2 Å². The molecule has 0 bridgehead atoms. The number of unbranched alkanes of at least 4 members (excludes halogenated alkanes) is 7. The monoisotopic (exact) mass is 433 g/mol. The van der Waals surface area contributed by atoms with Gasteiger partial charge in [0.15, 0.2) is 0 Å². The Morgan fingerprint density at radius 2 is 1.45 bits per heavy atom. The number of nitrogens with one attached hydrogen (secondary N) is 3. The van der Waals surface area contributed by atoms with E-state index in [1.807, 2.05) is 4.72 Å². The van der Waals surface area contributed by atoms with Gasteiger partial charge in [-0.05, 0) is 38.5 Å². The number of ether oxygens (including phenoxy) is 1. The highest BCUT2D eigenvalue weighted by Crippen LogP contribution is 2.07. The van der Waals surface area contributed by atoms with Crippen molar-refractivity contribution in [3.63, 3.8) is 0 Å². The number of allylic oxidation sites excluding steroid dienone is 2. The number of amides is 3. The number of sulfonamides is 1. The molecule has 0 saturated carbocycles. The maximum absolute atomic E-state index is 11.2. The van der Waals surface area contributed by atoms with Crippen LogP contribution in [0, 0.1) is 0 Å². The molecule has 0 saturated heterocycles. The van der Waals surface area contributed by atoms with E-state index < -0.39 is 27.7 Å². The first-order valence-electron chi connectivity index (χ1n) is 9.99. The van der Waals surface area contributed by atoms with Crippen LogP contribution in [0.1, 0.15) is 57.8 Å². The van der Waals surface area contributed by atoms with Crippen molar-refractivity contribution in [1.82, 2.24) is 15.4 Å². The number of rotatable bonds is 16. The second kappa shape index (κ2) is 17.0. The summed E-state index contributed by atoms with van der Waals surface area (Å²) >= 11 is 0. The molecule has 0 aliphatic heterocycles. The van der Waals surface area contributed by atoms with Crippen LogP contribution in [-0.4, -0.2) is 59.2 Å². The van der Waals surface area contributed by atoms with Crippen molar-refractivity contribution in [1.29, 1.82) is 0 Å². The predicted molar refractivity (Wildman–Crippen MR) is 112 cm³/mol. The zero-order valence-electron chi connectivity index (χ0n) is 17.5.